The van der Waals surface area contributed by atoms with Crippen LogP contribution in [0.3, 0.4) is 0 Å². The number of allylic oxidation sites excluding steroid dienone is 2. The molecule has 1 unspecified atom stereocenters. The number of aliphatic imine (C=N–C) groups is 2. The number of para-hydroxylation sites is 2. The van der Waals surface area contributed by atoms with E-state index in [-0.39, 0.29) is 40.7 Å². The maximum absolute atomic E-state index is 12.7. The Balaban J connectivity index is 1.72. The predicted octanol–water partition coefficient (Wildman–Crippen LogP) is 2.44. The minimum absolute atomic E-state index is 0.0235. The topological polar surface area (TPSA) is 92.1 Å². The average Bonchev–Trinajstić information content (AvgIpc) is 3.48. The molecule has 2 amide bonds. The van der Waals surface area contributed by atoms with Crippen LogP contribution in [0.2, 0.25) is 0 Å². The van der Waals surface area contributed by atoms with Crippen LogP contribution in [0.15, 0.2) is 58.4 Å². The number of halogens is 2. The number of nitrogens with zero attached hydrogens (tertiary/aromatic N) is 2. The number of benzene rings is 1. The first-order valence-electron chi connectivity index (χ1n) is 8.72. The lowest BCUT2D eigenvalue weighted by Crippen LogP contribution is -2.43. The Hall–Kier alpha value is -3.36. The second-order valence-electron chi connectivity index (χ2n) is 6.49. The summed E-state index contributed by atoms with van der Waals surface area (Å²) in [6.45, 7) is -3.00. The van der Waals surface area contributed by atoms with Crippen LogP contribution in [-0.4, -0.2) is 29.8 Å². The summed E-state index contributed by atoms with van der Waals surface area (Å²) >= 11 is 0. The van der Waals surface area contributed by atoms with E-state index in [0.717, 1.165) is 12.8 Å². The molecule has 2 heterocycles. The van der Waals surface area contributed by atoms with Gasteiger partial charge in [-0.2, -0.15) is 8.78 Å². The van der Waals surface area contributed by atoms with E-state index in [4.69, 9.17) is 0 Å². The molecule has 0 aromatic heterocycles. The fraction of sp³-hybridized carbons (Fsp3) is 0.263. The van der Waals surface area contributed by atoms with Gasteiger partial charge in [0.05, 0.1) is 11.4 Å². The molecule has 1 atom stereocenters. The van der Waals surface area contributed by atoms with Gasteiger partial charge in [0.2, 0.25) is 11.8 Å². The Bertz CT molecular complexity index is 948. The van der Waals surface area contributed by atoms with Gasteiger partial charge in [0.25, 0.3) is 0 Å². The molecule has 1 saturated carbocycles. The number of hydrogen-bond acceptors (Lipinski definition) is 5. The molecule has 9 heteroatoms. The zero-order valence-electron chi connectivity index (χ0n) is 14.6. The standard InChI is InChI=1S/C19H16F2N4O3/c20-19(21)28-14-4-2-1-3-11(14)23-13-9-15(25-17(26)10-5-6-10)24-12-7-8-22-18(27)16(12)13/h1-4,7-10,16,19H,5-6H2,(H,22,27)(H,25,26). The van der Waals surface area contributed by atoms with Gasteiger partial charge in [-0.3, -0.25) is 9.59 Å². The number of hydrogen-bond donors (Lipinski definition) is 2. The number of alkyl halides is 2. The summed E-state index contributed by atoms with van der Waals surface area (Å²) in [5, 5.41) is 5.31. The van der Waals surface area contributed by atoms with Gasteiger partial charge in [0.15, 0.2) is 5.75 Å². The molecule has 0 bridgehead atoms. The summed E-state index contributed by atoms with van der Waals surface area (Å²) in [5.74, 6) is -1.18. The Morgan fingerprint density at radius 2 is 2.11 bits per heavy atom. The number of fused-ring (bicyclic) bond motifs is 1. The Labute approximate surface area is 158 Å². The van der Waals surface area contributed by atoms with E-state index in [1.807, 2.05) is 0 Å². The fourth-order valence-corrected chi connectivity index (χ4v) is 2.92. The normalized spacial score (nSPS) is 22.3. The van der Waals surface area contributed by atoms with E-state index in [0.29, 0.717) is 5.71 Å². The van der Waals surface area contributed by atoms with E-state index in [1.54, 1.807) is 18.2 Å². The molecule has 0 spiro atoms. The van der Waals surface area contributed by atoms with Crippen molar-refractivity contribution in [1.29, 1.82) is 0 Å². The maximum Gasteiger partial charge on any atom is 0.387 e. The molecule has 0 saturated heterocycles. The molecular formula is C19H16F2N4O3. The average molecular weight is 386 g/mol. The van der Waals surface area contributed by atoms with Crippen molar-refractivity contribution < 1.29 is 23.1 Å². The van der Waals surface area contributed by atoms with Crippen LogP contribution in [0, 0.1) is 11.8 Å². The van der Waals surface area contributed by atoms with Gasteiger partial charge in [0.1, 0.15) is 17.4 Å². The van der Waals surface area contributed by atoms with E-state index in [2.05, 4.69) is 25.4 Å². The zero-order chi connectivity index (χ0) is 19.7. The van der Waals surface area contributed by atoms with Crippen molar-refractivity contribution in [3.05, 3.63) is 48.4 Å². The van der Waals surface area contributed by atoms with Crippen molar-refractivity contribution in [2.24, 2.45) is 21.8 Å². The molecule has 7 nitrogen and oxygen atoms in total. The minimum atomic E-state index is -3.00. The van der Waals surface area contributed by atoms with Crippen LogP contribution >= 0.6 is 0 Å². The first-order chi connectivity index (χ1) is 13.5. The summed E-state index contributed by atoms with van der Waals surface area (Å²) in [7, 11) is 0. The van der Waals surface area contributed by atoms with Gasteiger partial charge >= 0.3 is 6.61 Å². The van der Waals surface area contributed by atoms with Crippen LogP contribution in [0.1, 0.15) is 12.8 Å². The fourth-order valence-electron chi connectivity index (χ4n) is 2.92. The Kier molecular flexibility index (Phi) is 4.72. The highest BCUT2D eigenvalue weighted by Gasteiger charge is 2.35. The molecule has 1 aromatic rings. The van der Waals surface area contributed by atoms with Gasteiger partial charge < -0.3 is 15.4 Å². The molecule has 3 aliphatic rings. The maximum atomic E-state index is 12.7. The van der Waals surface area contributed by atoms with E-state index >= 15 is 0 Å². The summed E-state index contributed by atoms with van der Waals surface area (Å²) in [6, 6.07) is 6.03. The van der Waals surface area contributed by atoms with Gasteiger partial charge in [-0.1, -0.05) is 12.1 Å². The summed E-state index contributed by atoms with van der Waals surface area (Å²) in [5.41, 5.74) is 0.817. The Morgan fingerprint density at radius 3 is 2.86 bits per heavy atom. The van der Waals surface area contributed by atoms with Crippen LogP contribution in [-0.2, 0) is 9.59 Å². The van der Waals surface area contributed by atoms with Gasteiger partial charge in [-0.25, -0.2) is 9.98 Å². The second kappa shape index (κ2) is 7.34. The highest BCUT2D eigenvalue weighted by molar-refractivity contribution is 6.31. The van der Waals surface area contributed by atoms with Crippen molar-refractivity contribution in [3.8, 4) is 5.75 Å². The van der Waals surface area contributed by atoms with Crippen LogP contribution in [0.4, 0.5) is 14.5 Å². The number of carbonyl (C=O) groups is 2. The third kappa shape index (κ3) is 3.83. The molecule has 1 aliphatic carbocycles. The predicted molar refractivity (Wildman–Crippen MR) is 97.3 cm³/mol. The highest BCUT2D eigenvalue weighted by atomic mass is 19.3. The van der Waals surface area contributed by atoms with Crippen molar-refractivity contribution in [2.45, 2.75) is 19.5 Å². The van der Waals surface area contributed by atoms with Gasteiger partial charge in [-0.05, 0) is 31.1 Å². The lowest BCUT2D eigenvalue weighted by atomic mass is 9.91. The van der Waals surface area contributed by atoms with Crippen molar-refractivity contribution in [1.82, 2.24) is 10.6 Å². The largest absolute Gasteiger partial charge is 0.433 e. The van der Waals surface area contributed by atoms with E-state index < -0.39 is 12.5 Å². The van der Waals surface area contributed by atoms with Gasteiger partial charge in [0, 0.05) is 18.2 Å². The Morgan fingerprint density at radius 1 is 1.32 bits per heavy atom. The second-order valence-corrected chi connectivity index (χ2v) is 6.49. The first kappa shape index (κ1) is 18.0. The molecule has 0 radical (unpaired) electrons. The molecule has 1 fully saturated rings. The van der Waals surface area contributed by atoms with E-state index in [1.165, 1.54) is 24.4 Å². The molecule has 144 valence electrons. The first-order valence-corrected chi connectivity index (χ1v) is 8.72. The molecule has 2 aliphatic heterocycles. The molecule has 1 aromatic carbocycles. The van der Waals surface area contributed by atoms with Crippen molar-refractivity contribution in [3.63, 3.8) is 0 Å². The quantitative estimate of drug-likeness (QED) is 0.814. The molecular weight excluding hydrogens is 370 g/mol. The smallest absolute Gasteiger partial charge is 0.387 e. The lowest BCUT2D eigenvalue weighted by Gasteiger charge is -2.24. The summed E-state index contributed by atoms with van der Waals surface area (Å²) in [4.78, 5) is 33.1. The SMILES string of the molecule is O=C(NC1=CC(=Nc2ccccc2OC(F)F)C2C(=O)NC=CC2=N1)C1CC1. The number of rotatable bonds is 5. The monoisotopic (exact) mass is 386 g/mol. The molecule has 4 rings (SSSR count). The van der Waals surface area contributed by atoms with Crippen LogP contribution in [0.25, 0.3) is 0 Å². The van der Waals surface area contributed by atoms with Crippen LogP contribution in [0.5, 0.6) is 5.75 Å². The zero-order valence-corrected chi connectivity index (χ0v) is 14.6. The summed E-state index contributed by atoms with van der Waals surface area (Å²) in [6.07, 6.45) is 6.21. The molecule has 28 heavy (non-hydrogen) atoms. The lowest BCUT2D eigenvalue weighted by molar-refractivity contribution is -0.121. The third-order valence-electron chi connectivity index (χ3n) is 4.40. The molecule has 2 N–H and O–H groups in total. The third-order valence-corrected chi connectivity index (χ3v) is 4.40. The summed E-state index contributed by atoms with van der Waals surface area (Å²) < 4.78 is 29.9. The number of ether oxygens (including phenoxy) is 1. The minimum Gasteiger partial charge on any atom is -0.433 e. The number of nitrogens with one attached hydrogen (secondary N) is 2. The van der Waals surface area contributed by atoms with Crippen molar-refractivity contribution in [2.75, 3.05) is 0 Å². The van der Waals surface area contributed by atoms with Crippen LogP contribution < -0.4 is 15.4 Å². The van der Waals surface area contributed by atoms with E-state index in [9.17, 15) is 18.4 Å². The van der Waals surface area contributed by atoms with Gasteiger partial charge in [-0.15, -0.1) is 0 Å². The highest BCUT2D eigenvalue weighted by Crippen LogP contribution is 2.32. The number of carbonyl (C=O) groups excluding carboxylic acids is 2. The van der Waals surface area contributed by atoms with Crippen molar-refractivity contribution >= 4 is 28.9 Å². The number of amides is 2.